The number of anilines is 1. The third-order valence-electron chi connectivity index (χ3n) is 2.77. The Morgan fingerprint density at radius 2 is 2.24 bits per heavy atom. The second-order valence-corrected chi connectivity index (χ2v) is 3.97. The molecule has 86 valence electrons. The lowest BCUT2D eigenvalue weighted by atomic mass is 10.3. The van der Waals surface area contributed by atoms with E-state index in [-0.39, 0.29) is 0 Å². The molecule has 0 saturated heterocycles. The van der Waals surface area contributed by atoms with Crippen molar-refractivity contribution < 1.29 is 4.52 Å². The van der Waals surface area contributed by atoms with E-state index in [1.165, 1.54) is 0 Å². The number of nitrogens with zero attached hydrogens (tertiary/aromatic N) is 3. The van der Waals surface area contributed by atoms with Gasteiger partial charge in [-0.2, -0.15) is 0 Å². The zero-order valence-corrected chi connectivity index (χ0v) is 9.42. The molecule has 0 amide bonds. The van der Waals surface area contributed by atoms with Crippen molar-refractivity contribution in [3.05, 3.63) is 42.0 Å². The van der Waals surface area contributed by atoms with E-state index in [1.807, 2.05) is 31.2 Å². The van der Waals surface area contributed by atoms with Crippen molar-refractivity contribution in [1.29, 1.82) is 0 Å². The molecule has 0 unspecified atom stereocenters. The summed E-state index contributed by atoms with van der Waals surface area (Å²) in [4.78, 5) is 4.48. The number of hydrogen-bond acceptors (Lipinski definition) is 4. The molecule has 0 aliphatic rings. The highest BCUT2D eigenvalue weighted by Gasteiger charge is 2.09. The van der Waals surface area contributed by atoms with Crippen LogP contribution in [-0.4, -0.2) is 14.7 Å². The van der Waals surface area contributed by atoms with E-state index in [1.54, 1.807) is 6.20 Å². The number of aryl methyl sites for hydroxylation is 1. The number of nitrogen functional groups attached to an aromatic ring is 1. The van der Waals surface area contributed by atoms with Crippen molar-refractivity contribution in [2.75, 3.05) is 5.73 Å². The molecule has 0 bridgehead atoms. The fourth-order valence-corrected chi connectivity index (χ4v) is 1.95. The molecule has 3 aromatic rings. The van der Waals surface area contributed by atoms with Crippen LogP contribution in [0.15, 0.2) is 35.0 Å². The van der Waals surface area contributed by atoms with Gasteiger partial charge in [0.2, 0.25) is 0 Å². The molecule has 5 nitrogen and oxygen atoms in total. The van der Waals surface area contributed by atoms with Gasteiger partial charge in [-0.1, -0.05) is 5.16 Å². The van der Waals surface area contributed by atoms with E-state index in [2.05, 4.69) is 14.7 Å². The fraction of sp³-hybridized carbons (Fsp3) is 0.167. The monoisotopic (exact) mass is 228 g/mol. The van der Waals surface area contributed by atoms with E-state index in [0.717, 1.165) is 28.3 Å². The third-order valence-corrected chi connectivity index (χ3v) is 2.77. The van der Waals surface area contributed by atoms with Gasteiger partial charge >= 0.3 is 0 Å². The zero-order valence-electron chi connectivity index (χ0n) is 9.42. The van der Waals surface area contributed by atoms with Gasteiger partial charge in [0.05, 0.1) is 23.8 Å². The van der Waals surface area contributed by atoms with E-state index >= 15 is 0 Å². The van der Waals surface area contributed by atoms with Gasteiger partial charge in [0.1, 0.15) is 5.82 Å². The summed E-state index contributed by atoms with van der Waals surface area (Å²) in [6.07, 6.45) is 1.64. The minimum atomic E-state index is 0.631. The molecule has 2 heterocycles. The molecular formula is C12H12N4O. The number of imidazole rings is 1. The van der Waals surface area contributed by atoms with Gasteiger partial charge in [-0.3, -0.25) is 0 Å². The number of fused-ring (bicyclic) bond motifs is 1. The van der Waals surface area contributed by atoms with Crippen LogP contribution in [-0.2, 0) is 6.54 Å². The first kappa shape index (κ1) is 9.89. The molecule has 0 fully saturated rings. The summed E-state index contributed by atoms with van der Waals surface area (Å²) in [7, 11) is 0. The number of benzene rings is 1. The van der Waals surface area contributed by atoms with Crippen molar-refractivity contribution in [2.45, 2.75) is 13.5 Å². The molecule has 0 aliphatic heterocycles. The molecule has 0 spiro atoms. The van der Waals surface area contributed by atoms with Crippen molar-refractivity contribution in [3.63, 3.8) is 0 Å². The first-order valence-corrected chi connectivity index (χ1v) is 5.36. The van der Waals surface area contributed by atoms with E-state index < -0.39 is 0 Å². The second-order valence-electron chi connectivity index (χ2n) is 3.97. The topological polar surface area (TPSA) is 69.9 Å². The Bertz CT molecular complexity index is 655. The Hall–Kier alpha value is -2.30. The third kappa shape index (κ3) is 1.65. The van der Waals surface area contributed by atoms with Crippen LogP contribution in [0.25, 0.3) is 11.0 Å². The molecule has 0 saturated carbocycles. The predicted octanol–water partition coefficient (Wildman–Crippen LogP) is 1.96. The average Bonchev–Trinajstić information content (AvgIpc) is 2.88. The minimum absolute atomic E-state index is 0.631. The van der Waals surface area contributed by atoms with Gasteiger partial charge in [0.25, 0.3) is 0 Å². The number of hydrogen-bond donors (Lipinski definition) is 1. The van der Waals surface area contributed by atoms with E-state index in [4.69, 9.17) is 10.3 Å². The van der Waals surface area contributed by atoms with Gasteiger partial charge in [-0.25, -0.2) is 4.98 Å². The summed E-state index contributed by atoms with van der Waals surface area (Å²) in [5.74, 6) is 1.74. The van der Waals surface area contributed by atoms with E-state index in [0.29, 0.717) is 6.54 Å². The minimum Gasteiger partial charge on any atom is -0.399 e. The average molecular weight is 228 g/mol. The number of rotatable bonds is 2. The van der Waals surface area contributed by atoms with Crippen LogP contribution in [0.3, 0.4) is 0 Å². The molecule has 2 N–H and O–H groups in total. The molecule has 5 heteroatoms. The SMILES string of the molecule is Cc1nc2cc(N)ccc2n1Cc1ccno1. The molecule has 2 aromatic heterocycles. The number of aromatic nitrogens is 3. The fourth-order valence-electron chi connectivity index (χ4n) is 1.95. The Morgan fingerprint density at radius 1 is 1.35 bits per heavy atom. The van der Waals surface area contributed by atoms with Crippen molar-refractivity contribution >= 4 is 16.7 Å². The maximum Gasteiger partial charge on any atom is 0.156 e. The summed E-state index contributed by atoms with van der Waals surface area (Å²) in [6.45, 7) is 2.60. The summed E-state index contributed by atoms with van der Waals surface area (Å²) < 4.78 is 7.19. The standard InChI is InChI=1S/C12H12N4O/c1-8-15-11-6-9(13)2-3-12(11)16(8)7-10-4-5-14-17-10/h2-6H,7,13H2,1H3. The highest BCUT2D eigenvalue weighted by atomic mass is 16.5. The first-order valence-electron chi connectivity index (χ1n) is 5.36. The highest BCUT2D eigenvalue weighted by Crippen LogP contribution is 2.19. The second kappa shape index (κ2) is 3.62. The van der Waals surface area contributed by atoms with Crippen LogP contribution in [0.5, 0.6) is 0 Å². The van der Waals surface area contributed by atoms with Gasteiger partial charge in [0.15, 0.2) is 5.76 Å². The molecule has 0 atom stereocenters. The molecule has 1 aromatic carbocycles. The van der Waals surface area contributed by atoms with Gasteiger partial charge in [-0.05, 0) is 25.1 Å². The summed E-state index contributed by atoms with van der Waals surface area (Å²) in [5.41, 5.74) is 8.42. The van der Waals surface area contributed by atoms with Crippen LogP contribution in [0, 0.1) is 6.92 Å². The highest BCUT2D eigenvalue weighted by molar-refractivity contribution is 5.79. The van der Waals surface area contributed by atoms with Crippen LogP contribution in [0.4, 0.5) is 5.69 Å². The van der Waals surface area contributed by atoms with Crippen molar-refractivity contribution in [2.24, 2.45) is 0 Å². The van der Waals surface area contributed by atoms with Crippen LogP contribution >= 0.6 is 0 Å². The smallest absolute Gasteiger partial charge is 0.156 e. The molecule has 3 rings (SSSR count). The quantitative estimate of drug-likeness (QED) is 0.681. The van der Waals surface area contributed by atoms with Crippen molar-refractivity contribution in [1.82, 2.24) is 14.7 Å². The Morgan fingerprint density at radius 3 is 3.00 bits per heavy atom. The van der Waals surface area contributed by atoms with Crippen LogP contribution in [0.1, 0.15) is 11.6 Å². The summed E-state index contributed by atoms with van der Waals surface area (Å²) in [5, 5.41) is 3.70. The summed E-state index contributed by atoms with van der Waals surface area (Å²) >= 11 is 0. The Kier molecular flexibility index (Phi) is 2.11. The van der Waals surface area contributed by atoms with Crippen LogP contribution in [0.2, 0.25) is 0 Å². The van der Waals surface area contributed by atoms with Crippen LogP contribution < -0.4 is 5.73 Å². The lowest BCUT2D eigenvalue weighted by molar-refractivity contribution is 0.376. The van der Waals surface area contributed by atoms with Gasteiger partial charge in [-0.15, -0.1) is 0 Å². The van der Waals surface area contributed by atoms with Crippen molar-refractivity contribution in [3.8, 4) is 0 Å². The largest absolute Gasteiger partial charge is 0.399 e. The van der Waals surface area contributed by atoms with Gasteiger partial charge < -0.3 is 14.8 Å². The Labute approximate surface area is 97.8 Å². The zero-order chi connectivity index (χ0) is 11.8. The normalized spacial score (nSPS) is 11.1. The molecular weight excluding hydrogens is 216 g/mol. The lowest BCUT2D eigenvalue weighted by Crippen LogP contribution is -2.00. The maximum atomic E-state index is 5.74. The molecule has 0 aliphatic carbocycles. The predicted molar refractivity (Wildman–Crippen MR) is 64.5 cm³/mol. The van der Waals surface area contributed by atoms with Gasteiger partial charge in [0, 0.05) is 11.8 Å². The Balaban J connectivity index is 2.12. The lowest BCUT2D eigenvalue weighted by Gasteiger charge is -2.03. The van der Waals surface area contributed by atoms with E-state index in [9.17, 15) is 0 Å². The first-order chi connectivity index (χ1) is 8.24. The maximum absolute atomic E-state index is 5.74. The molecule has 0 radical (unpaired) electrons. The summed E-state index contributed by atoms with van der Waals surface area (Å²) in [6, 6.07) is 7.57. The molecule has 17 heavy (non-hydrogen) atoms. The number of nitrogens with two attached hydrogens (primary N) is 1.